The standard InChI is InChI=1S/C21H31N3O3/c1-3-17-7-4-5-14-24(17)20(25)15-23-13-6-8-19(23)21(26)22-16-9-11-18(27-2)12-10-16/h9-12,17,19H,3-8,13-15H2,1-2H3,(H,22,26)/t17-,19-/m0/s1. The van der Waals surface area contributed by atoms with Gasteiger partial charge in [0, 0.05) is 18.3 Å². The van der Waals surface area contributed by atoms with Crippen molar-refractivity contribution in [3.05, 3.63) is 24.3 Å². The molecule has 27 heavy (non-hydrogen) atoms. The Morgan fingerprint density at radius 1 is 1.11 bits per heavy atom. The maximum atomic E-state index is 12.9. The molecule has 0 unspecified atom stereocenters. The molecule has 1 aromatic rings. The highest BCUT2D eigenvalue weighted by Gasteiger charge is 2.34. The van der Waals surface area contributed by atoms with E-state index < -0.39 is 0 Å². The summed E-state index contributed by atoms with van der Waals surface area (Å²) in [4.78, 5) is 29.7. The van der Waals surface area contributed by atoms with Gasteiger partial charge in [0.1, 0.15) is 5.75 Å². The van der Waals surface area contributed by atoms with Crippen molar-refractivity contribution in [1.82, 2.24) is 9.80 Å². The molecule has 148 valence electrons. The average Bonchev–Trinajstić information content (AvgIpc) is 3.16. The smallest absolute Gasteiger partial charge is 0.241 e. The van der Waals surface area contributed by atoms with Crippen molar-refractivity contribution in [3.8, 4) is 5.75 Å². The van der Waals surface area contributed by atoms with E-state index in [4.69, 9.17) is 4.74 Å². The van der Waals surface area contributed by atoms with E-state index in [1.54, 1.807) is 7.11 Å². The van der Waals surface area contributed by atoms with Crippen molar-refractivity contribution >= 4 is 17.5 Å². The van der Waals surface area contributed by atoms with Crippen molar-refractivity contribution in [3.63, 3.8) is 0 Å². The maximum absolute atomic E-state index is 12.9. The number of ether oxygens (including phenoxy) is 1. The van der Waals surface area contributed by atoms with Crippen LogP contribution in [0.2, 0.25) is 0 Å². The van der Waals surface area contributed by atoms with Crippen molar-refractivity contribution in [2.75, 3.05) is 32.1 Å². The molecule has 2 amide bonds. The first-order chi connectivity index (χ1) is 13.1. The number of nitrogens with one attached hydrogen (secondary N) is 1. The highest BCUT2D eigenvalue weighted by atomic mass is 16.5. The lowest BCUT2D eigenvalue weighted by Crippen LogP contribution is -2.50. The van der Waals surface area contributed by atoms with Gasteiger partial charge in [0.05, 0.1) is 19.7 Å². The van der Waals surface area contributed by atoms with E-state index in [-0.39, 0.29) is 17.9 Å². The number of hydrogen-bond donors (Lipinski definition) is 1. The van der Waals surface area contributed by atoms with Crippen LogP contribution in [0.1, 0.15) is 45.4 Å². The molecule has 0 spiro atoms. The summed E-state index contributed by atoms with van der Waals surface area (Å²) in [5, 5.41) is 2.98. The van der Waals surface area contributed by atoms with Crippen molar-refractivity contribution in [2.45, 2.75) is 57.5 Å². The van der Waals surface area contributed by atoms with E-state index in [0.717, 1.165) is 56.6 Å². The molecule has 2 fully saturated rings. The van der Waals surface area contributed by atoms with Gasteiger partial charge in [0.2, 0.25) is 11.8 Å². The minimum Gasteiger partial charge on any atom is -0.497 e. The van der Waals surface area contributed by atoms with Crippen LogP contribution in [0.4, 0.5) is 5.69 Å². The third kappa shape index (κ3) is 4.80. The molecule has 2 atom stereocenters. The molecule has 2 aliphatic rings. The lowest BCUT2D eigenvalue weighted by Gasteiger charge is -2.36. The predicted octanol–water partition coefficient (Wildman–Crippen LogP) is 2.89. The second kappa shape index (κ2) is 9.22. The molecule has 0 aromatic heterocycles. The highest BCUT2D eigenvalue weighted by molar-refractivity contribution is 5.95. The maximum Gasteiger partial charge on any atom is 0.241 e. The molecule has 1 N–H and O–H groups in total. The number of methoxy groups -OCH3 is 1. The monoisotopic (exact) mass is 373 g/mol. The number of carbonyl (C=O) groups is 2. The Kier molecular flexibility index (Phi) is 6.72. The van der Waals surface area contributed by atoms with Crippen LogP contribution >= 0.6 is 0 Å². The van der Waals surface area contributed by atoms with Crippen molar-refractivity contribution in [1.29, 1.82) is 0 Å². The van der Waals surface area contributed by atoms with Crippen LogP contribution in [-0.4, -0.2) is 60.4 Å². The fourth-order valence-electron chi connectivity index (χ4n) is 4.23. The minimum absolute atomic E-state index is 0.0313. The fraction of sp³-hybridized carbons (Fsp3) is 0.619. The molecule has 2 saturated heterocycles. The normalized spacial score (nSPS) is 23.3. The van der Waals surface area contributed by atoms with E-state index >= 15 is 0 Å². The van der Waals surface area contributed by atoms with Gasteiger partial charge in [-0.25, -0.2) is 0 Å². The molecular weight excluding hydrogens is 342 g/mol. The van der Waals surface area contributed by atoms with Crippen LogP contribution < -0.4 is 10.1 Å². The molecular formula is C21H31N3O3. The fourth-order valence-corrected chi connectivity index (χ4v) is 4.23. The van der Waals surface area contributed by atoms with Crippen molar-refractivity contribution in [2.24, 2.45) is 0 Å². The molecule has 0 radical (unpaired) electrons. The van der Waals surface area contributed by atoms with Crippen LogP contribution in [0, 0.1) is 0 Å². The van der Waals surface area contributed by atoms with Gasteiger partial charge in [-0.1, -0.05) is 6.92 Å². The van der Waals surface area contributed by atoms with Crippen LogP contribution in [-0.2, 0) is 9.59 Å². The summed E-state index contributed by atoms with van der Waals surface area (Å²) < 4.78 is 5.15. The summed E-state index contributed by atoms with van der Waals surface area (Å²) in [5.74, 6) is 0.898. The molecule has 3 rings (SSSR count). The zero-order chi connectivity index (χ0) is 19.2. The molecule has 1 aromatic carbocycles. The summed E-state index contributed by atoms with van der Waals surface area (Å²) in [7, 11) is 1.62. The topological polar surface area (TPSA) is 61.9 Å². The number of piperidine rings is 1. The van der Waals surface area contributed by atoms with Gasteiger partial charge < -0.3 is 15.0 Å². The molecule has 0 bridgehead atoms. The number of nitrogens with zero attached hydrogens (tertiary/aromatic N) is 2. The Labute approximate surface area is 161 Å². The van der Waals surface area contributed by atoms with Gasteiger partial charge in [-0.2, -0.15) is 0 Å². The Morgan fingerprint density at radius 2 is 1.89 bits per heavy atom. The van der Waals surface area contributed by atoms with E-state index in [0.29, 0.717) is 12.6 Å². The summed E-state index contributed by atoms with van der Waals surface area (Å²) in [5.41, 5.74) is 0.751. The summed E-state index contributed by atoms with van der Waals surface area (Å²) in [6.07, 6.45) is 6.15. The SMILES string of the molecule is CC[C@H]1CCCCN1C(=O)CN1CCC[C@H]1C(=O)Nc1ccc(OC)cc1. The van der Waals surface area contributed by atoms with E-state index in [1.807, 2.05) is 34.1 Å². The van der Waals surface area contributed by atoms with Crippen molar-refractivity contribution < 1.29 is 14.3 Å². The lowest BCUT2D eigenvalue weighted by atomic mass is 10.00. The first-order valence-electron chi connectivity index (χ1n) is 10.1. The van der Waals surface area contributed by atoms with Gasteiger partial charge in [-0.3, -0.25) is 14.5 Å². The number of hydrogen-bond acceptors (Lipinski definition) is 4. The van der Waals surface area contributed by atoms with Crippen LogP contribution in [0.15, 0.2) is 24.3 Å². The van der Waals surface area contributed by atoms with E-state index in [9.17, 15) is 9.59 Å². The number of likely N-dealkylation sites (tertiary alicyclic amines) is 2. The van der Waals surface area contributed by atoms with Crippen LogP contribution in [0.5, 0.6) is 5.75 Å². The second-order valence-corrected chi connectivity index (χ2v) is 7.49. The first-order valence-corrected chi connectivity index (χ1v) is 10.1. The van der Waals surface area contributed by atoms with E-state index in [1.165, 1.54) is 6.42 Å². The zero-order valence-corrected chi connectivity index (χ0v) is 16.4. The third-order valence-electron chi connectivity index (χ3n) is 5.78. The number of anilines is 1. The van der Waals surface area contributed by atoms with Gasteiger partial charge in [-0.15, -0.1) is 0 Å². The Hall–Kier alpha value is -2.08. The third-order valence-corrected chi connectivity index (χ3v) is 5.78. The van der Waals surface area contributed by atoms with Crippen LogP contribution in [0.3, 0.4) is 0 Å². The molecule has 0 aliphatic carbocycles. The van der Waals surface area contributed by atoms with Crippen LogP contribution in [0.25, 0.3) is 0 Å². The summed E-state index contributed by atoms with van der Waals surface area (Å²) in [6.45, 7) is 4.15. The minimum atomic E-state index is -0.235. The van der Waals surface area contributed by atoms with Gasteiger partial charge in [-0.05, 0) is 69.3 Å². The largest absolute Gasteiger partial charge is 0.497 e. The quantitative estimate of drug-likeness (QED) is 0.833. The van der Waals surface area contributed by atoms with Gasteiger partial charge in [0.15, 0.2) is 0 Å². The molecule has 0 saturated carbocycles. The molecule has 6 heteroatoms. The van der Waals surface area contributed by atoms with Gasteiger partial charge in [0.25, 0.3) is 0 Å². The number of rotatable bonds is 6. The Morgan fingerprint density at radius 3 is 2.59 bits per heavy atom. The molecule has 6 nitrogen and oxygen atoms in total. The Balaban J connectivity index is 1.58. The number of amides is 2. The molecule has 2 heterocycles. The predicted molar refractivity (Wildman–Crippen MR) is 106 cm³/mol. The van der Waals surface area contributed by atoms with Gasteiger partial charge >= 0.3 is 0 Å². The first kappa shape index (κ1) is 19.7. The average molecular weight is 373 g/mol. The number of benzene rings is 1. The molecule has 2 aliphatic heterocycles. The summed E-state index contributed by atoms with van der Waals surface area (Å²) >= 11 is 0. The Bertz CT molecular complexity index is 647. The summed E-state index contributed by atoms with van der Waals surface area (Å²) in [6, 6.07) is 7.45. The highest BCUT2D eigenvalue weighted by Crippen LogP contribution is 2.23. The lowest BCUT2D eigenvalue weighted by molar-refractivity contribution is -0.137. The number of carbonyl (C=O) groups excluding carboxylic acids is 2. The van der Waals surface area contributed by atoms with E-state index in [2.05, 4.69) is 12.2 Å². The zero-order valence-electron chi connectivity index (χ0n) is 16.4. The second-order valence-electron chi connectivity index (χ2n) is 7.49.